The minimum absolute atomic E-state index is 0.103. The molecule has 5 heteroatoms. The predicted octanol–water partition coefficient (Wildman–Crippen LogP) is 4.92. The van der Waals surface area contributed by atoms with Crippen molar-refractivity contribution in [2.75, 3.05) is 10.6 Å². The average molecular weight is 318 g/mol. The molecule has 4 nitrogen and oxygen atoms in total. The first-order chi connectivity index (χ1) is 10.5. The topological polar surface area (TPSA) is 53.2 Å². The first kappa shape index (κ1) is 16.2. The number of nitrogens with one attached hydrogen (secondary N) is 3. The highest BCUT2D eigenvalue weighted by Crippen LogP contribution is 2.26. The maximum Gasteiger partial charge on any atom is 0.319 e. The molecule has 2 aromatic rings. The van der Waals surface area contributed by atoms with E-state index in [0.717, 1.165) is 27.6 Å². The van der Waals surface area contributed by atoms with Gasteiger partial charge < -0.3 is 16.0 Å². The van der Waals surface area contributed by atoms with Crippen LogP contribution in [0, 0.1) is 6.92 Å². The van der Waals surface area contributed by atoms with Crippen LogP contribution in [0.2, 0.25) is 5.02 Å². The SMILES string of the molecule is Cc1c(Cl)cccc1Nc1ccc(NC(=O)NC(C)C)cc1. The summed E-state index contributed by atoms with van der Waals surface area (Å²) in [6, 6.07) is 13.2. The van der Waals surface area contributed by atoms with Crippen LogP contribution in [0.3, 0.4) is 0 Å². The Balaban J connectivity index is 2.03. The van der Waals surface area contributed by atoms with Gasteiger partial charge in [-0.25, -0.2) is 4.79 Å². The van der Waals surface area contributed by atoms with Gasteiger partial charge in [-0.15, -0.1) is 0 Å². The molecule has 0 bridgehead atoms. The van der Waals surface area contributed by atoms with Crippen molar-refractivity contribution in [3.05, 3.63) is 53.1 Å². The van der Waals surface area contributed by atoms with Gasteiger partial charge in [0.2, 0.25) is 0 Å². The lowest BCUT2D eigenvalue weighted by molar-refractivity contribution is 0.250. The van der Waals surface area contributed by atoms with E-state index in [4.69, 9.17) is 11.6 Å². The van der Waals surface area contributed by atoms with E-state index in [1.165, 1.54) is 0 Å². The number of amides is 2. The van der Waals surface area contributed by atoms with Crippen LogP contribution in [0.25, 0.3) is 0 Å². The van der Waals surface area contributed by atoms with E-state index in [2.05, 4.69) is 16.0 Å². The van der Waals surface area contributed by atoms with Gasteiger partial charge in [-0.05, 0) is 62.7 Å². The van der Waals surface area contributed by atoms with Gasteiger partial charge in [-0.3, -0.25) is 0 Å². The van der Waals surface area contributed by atoms with Crippen LogP contribution in [-0.2, 0) is 0 Å². The summed E-state index contributed by atoms with van der Waals surface area (Å²) in [4.78, 5) is 11.6. The molecule has 116 valence electrons. The molecular weight excluding hydrogens is 298 g/mol. The third kappa shape index (κ3) is 4.40. The van der Waals surface area contributed by atoms with Crippen LogP contribution in [0.1, 0.15) is 19.4 Å². The number of urea groups is 1. The number of carbonyl (C=O) groups excluding carboxylic acids is 1. The molecule has 0 aliphatic heterocycles. The molecule has 3 N–H and O–H groups in total. The summed E-state index contributed by atoms with van der Waals surface area (Å²) in [6.07, 6.45) is 0. The molecule has 2 amide bonds. The molecule has 0 saturated heterocycles. The zero-order chi connectivity index (χ0) is 16.1. The van der Waals surface area contributed by atoms with Crippen molar-refractivity contribution in [3.8, 4) is 0 Å². The summed E-state index contributed by atoms with van der Waals surface area (Å²) in [5.41, 5.74) is 3.64. The third-order valence-electron chi connectivity index (χ3n) is 3.11. The summed E-state index contributed by atoms with van der Waals surface area (Å²) >= 11 is 6.11. The maximum atomic E-state index is 11.6. The van der Waals surface area contributed by atoms with Gasteiger partial charge in [0.05, 0.1) is 0 Å². The van der Waals surface area contributed by atoms with E-state index in [1.54, 1.807) is 0 Å². The van der Waals surface area contributed by atoms with Gasteiger partial charge in [0.1, 0.15) is 0 Å². The molecular formula is C17H20ClN3O. The second-order valence-corrected chi connectivity index (χ2v) is 5.78. The average Bonchev–Trinajstić information content (AvgIpc) is 2.45. The summed E-state index contributed by atoms with van der Waals surface area (Å²) in [7, 11) is 0. The number of hydrogen-bond donors (Lipinski definition) is 3. The lowest BCUT2D eigenvalue weighted by Crippen LogP contribution is -2.34. The molecule has 0 aliphatic carbocycles. The van der Waals surface area contributed by atoms with Crippen molar-refractivity contribution >= 4 is 34.7 Å². The lowest BCUT2D eigenvalue weighted by atomic mass is 10.2. The van der Waals surface area contributed by atoms with Crippen LogP contribution >= 0.6 is 11.6 Å². The second kappa shape index (κ2) is 7.18. The summed E-state index contributed by atoms with van der Waals surface area (Å²) in [5.74, 6) is 0. The molecule has 0 spiro atoms. The fourth-order valence-corrected chi connectivity index (χ4v) is 2.14. The van der Waals surface area contributed by atoms with E-state index in [9.17, 15) is 4.79 Å². The number of carbonyl (C=O) groups is 1. The number of halogens is 1. The normalized spacial score (nSPS) is 10.4. The Kier molecular flexibility index (Phi) is 5.28. The Bertz CT molecular complexity index is 653. The fraction of sp³-hybridized carbons (Fsp3) is 0.235. The highest BCUT2D eigenvalue weighted by atomic mass is 35.5. The molecule has 0 heterocycles. The van der Waals surface area contributed by atoms with E-state index in [1.807, 2.05) is 63.2 Å². The fourth-order valence-electron chi connectivity index (χ4n) is 1.96. The third-order valence-corrected chi connectivity index (χ3v) is 3.52. The molecule has 0 aliphatic rings. The monoisotopic (exact) mass is 317 g/mol. The molecule has 0 unspecified atom stereocenters. The number of benzene rings is 2. The van der Waals surface area contributed by atoms with Crippen LogP contribution in [0.4, 0.5) is 21.9 Å². The predicted molar refractivity (Wildman–Crippen MR) is 93.2 cm³/mol. The van der Waals surface area contributed by atoms with Crippen molar-refractivity contribution in [1.82, 2.24) is 5.32 Å². The Morgan fingerprint density at radius 3 is 2.32 bits per heavy atom. The summed E-state index contributed by atoms with van der Waals surface area (Å²) in [6.45, 7) is 5.80. The molecule has 0 saturated carbocycles. The molecule has 0 atom stereocenters. The maximum absolute atomic E-state index is 11.6. The van der Waals surface area contributed by atoms with E-state index in [-0.39, 0.29) is 12.1 Å². The van der Waals surface area contributed by atoms with E-state index >= 15 is 0 Å². The highest BCUT2D eigenvalue weighted by molar-refractivity contribution is 6.31. The first-order valence-electron chi connectivity index (χ1n) is 7.15. The van der Waals surface area contributed by atoms with Crippen LogP contribution in [-0.4, -0.2) is 12.1 Å². The Morgan fingerprint density at radius 1 is 1.05 bits per heavy atom. The van der Waals surface area contributed by atoms with Gasteiger partial charge in [0.25, 0.3) is 0 Å². The number of hydrogen-bond acceptors (Lipinski definition) is 2. The van der Waals surface area contributed by atoms with Crippen molar-refractivity contribution < 1.29 is 4.79 Å². The second-order valence-electron chi connectivity index (χ2n) is 5.37. The van der Waals surface area contributed by atoms with Gasteiger partial charge in [0.15, 0.2) is 0 Å². The Labute approximate surface area is 135 Å². The molecule has 2 rings (SSSR count). The van der Waals surface area contributed by atoms with Gasteiger partial charge in [0, 0.05) is 28.1 Å². The van der Waals surface area contributed by atoms with Crippen molar-refractivity contribution in [2.24, 2.45) is 0 Å². The van der Waals surface area contributed by atoms with Crippen LogP contribution in [0.15, 0.2) is 42.5 Å². The molecule has 0 radical (unpaired) electrons. The van der Waals surface area contributed by atoms with Crippen LogP contribution in [0.5, 0.6) is 0 Å². The number of anilines is 3. The van der Waals surface area contributed by atoms with Crippen molar-refractivity contribution in [3.63, 3.8) is 0 Å². The summed E-state index contributed by atoms with van der Waals surface area (Å²) < 4.78 is 0. The van der Waals surface area contributed by atoms with E-state index < -0.39 is 0 Å². The Hall–Kier alpha value is -2.20. The molecule has 2 aromatic carbocycles. The molecule has 0 aromatic heterocycles. The zero-order valence-corrected chi connectivity index (χ0v) is 13.7. The van der Waals surface area contributed by atoms with E-state index in [0.29, 0.717) is 0 Å². The van der Waals surface area contributed by atoms with Gasteiger partial charge in [-0.1, -0.05) is 17.7 Å². The summed E-state index contributed by atoms with van der Waals surface area (Å²) in [5, 5.41) is 9.61. The first-order valence-corrected chi connectivity index (χ1v) is 7.53. The van der Waals surface area contributed by atoms with Crippen LogP contribution < -0.4 is 16.0 Å². The molecule has 22 heavy (non-hydrogen) atoms. The minimum atomic E-state index is -0.207. The Morgan fingerprint density at radius 2 is 1.68 bits per heavy atom. The zero-order valence-electron chi connectivity index (χ0n) is 12.9. The largest absolute Gasteiger partial charge is 0.355 e. The highest BCUT2D eigenvalue weighted by Gasteiger charge is 2.05. The number of rotatable bonds is 4. The van der Waals surface area contributed by atoms with Gasteiger partial charge >= 0.3 is 6.03 Å². The standard InChI is InChI=1S/C17H20ClN3O/c1-11(2)19-17(22)21-14-9-7-13(8-10-14)20-16-6-4-5-15(18)12(16)3/h4-11,20H,1-3H3,(H2,19,21,22). The molecule has 0 fully saturated rings. The van der Waals surface area contributed by atoms with Gasteiger partial charge in [-0.2, -0.15) is 0 Å². The minimum Gasteiger partial charge on any atom is -0.355 e. The quantitative estimate of drug-likeness (QED) is 0.749. The smallest absolute Gasteiger partial charge is 0.319 e. The van der Waals surface area contributed by atoms with Crippen molar-refractivity contribution in [1.29, 1.82) is 0 Å². The lowest BCUT2D eigenvalue weighted by Gasteiger charge is -2.12. The van der Waals surface area contributed by atoms with Crippen molar-refractivity contribution in [2.45, 2.75) is 26.8 Å².